The number of fused-ring (bicyclic) bond motifs is 4. The molecule has 0 saturated carbocycles. The number of methoxy groups -OCH3 is 1. The topological polar surface area (TPSA) is 174 Å². The summed E-state index contributed by atoms with van der Waals surface area (Å²) in [6.07, 6.45) is -0.294. The Bertz CT molecular complexity index is 1290. The molecule has 2 aromatic rings. The van der Waals surface area contributed by atoms with E-state index in [0.29, 0.717) is 11.3 Å². The number of para-hydroxylation sites is 1. The van der Waals surface area contributed by atoms with Gasteiger partial charge in [-0.05, 0) is 12.1 Å². The molecule has 12 nitrogen and oxygen atoms in total. The summed E-state index contributed by atoms with van der Waals surface area (Å²) in [6.45, 7) is 0. The summed E-state index contributed by atoms with van der Waals surface area (Å²) < 4.78 is 5.26. The number of nitro groups is 1. The fourth-order valence-electron chi connectivity index (χ4n) is 5.35. The normalized spacial score (nSPS) is 27.0. The molecule has 0 aromatic heterocycles. The molecule has 3 aliphatic rings. The van der Waals surface area contributed by atoms with Gasteiger partial charge in [-0.2, -0.15) is 0 Å². The Morgan fingerprint density at radius 1 is 1.21 bits per heavy atom. The molecule has 3 aliphatic heterocycles. The SMILES string of the molecule is COc1ccc([N+](=O)[O-])cc1N1C(=O)[C@H]2[C@@H](C1=O)[C@@]1(N[C@@H]2CC(N)=O)C(=O)Nc2ccccc21. The average molecular weight is 465 g/mol. The number of benzene rings is 2. The number of carbonyl (C=O) groups excluding carboxylic acids is 4. The zero-order chi connectivity index (χ0) is 24.4. The van der Waals surface area contributed by atoms with E-state index in [0.717, 1.165) is 11.0 Å². The second-order valence-electron chi connectivity index (χ2n) is 8.36. The van der Waals surface area contributed by atoms with E-state index in [-0.39, 0.29) is 23.5 Å². The van der Waals surface area contributed by atoms with Crippen LogP contribution in [0, 0.1) is 22.0 Å². The highest BCUT2D eigenvalue weighted by molar-refractivity contribution is 6.26. The number of ether oxygens (including phenoxy) is 1. The highest BCUT2D eigenvalue weighted by atomic mass is 16.6. The van der Waals surface area contributed by atoms with Crippen LogP contribution >= 0.6 is 0 Å². The summed E-state index contributed by atoms with van der Waals surface area (Å²) in [5.41, 5.74) is 4.28. The Balaban J connectivity index is 1.69. The van der Waals surface area contributed by atoms with Crippen molar-refractivity contribution in [2.45, 2.75) is 18.0 Å². The minimum atomic E-state index is -1.61. The smallest absolute Gasteiger partial charge is 0.271 e. The highest BCUT2D eigenvalue weighted by Crippen LogP contribution is 2.54. The third-order valence-electron chi connectivity index (χ3n) is 6.66. The molecule has 12 heteroatoms. The number of hydrogen-bond donors (Lipinski definition) is 3. The van der Waals surface area contributed by atoms with E-state index in [2.05, 4.69) is 10.6 Å². The van der Waals surface area contributed by atoms with Crippen molar-refractivity contribution in [1.82, 2.24) is 5.32 Å². The molecule has 5 rings (SSSR count). The van der Waals surface area contributed by atoms with Crippen LogP contribution in [0.1, 0.15) is 12.0 Å². The van der Waals surface area contributed by atoms with Crippen LogP contribution < -0.4 is 26.0 Å². The molecule has 2 aromatic carbocycles. The standard InChI is InChI=1S/C22H19N5O7/c1-34-15-7-6-10(27(32)33)8-14(15)26-19(29)17-13(9-16(23)28)25-22(18(17)20(26)30)11-4-2-3-5-12(11)24-21(22)31/h2-8,13,17-18,25H,9H2,1H3,(H2,23,28)(H,24,31)/t13-,17-,18+,22-/m1/s1. The van der Waals surface area contributed by atoms with E-state index < -0.39 is 52.0 Å². The van der Waals surface area contributed by atoms with E-state index in [1.807, 2.05) is 0 Å². The van der Waals surface area contributed by atoms with Gasteiger partial charge in [-0.25, -0.2) is 4.90 Å². The van der Waals surface area contributed by atoms with Crippen LogP contribution in [0.4, 0.5) is 17.1 Å². The van der Waals surface area contributed by atoms with Crippen molar-refractivity contribution < 1.29 is 28.8 Å². The van der Waals surface area contributed by atoms with Crippen molar-refractivity contribution in [3.8, 4) is 5.75 Å². The summed E-state index contributed by atoms with van der Waals surface area (Å²) in [4.78, 5) is 64.1. The second kappa shape index (κ2) is 7.35. The summed E-state index contributed by atoms with van der Waals surface area (Å²) in [7, 11) is 1.30. The van der Waals surface area contributed by atoms with Gasteiger partial charge < -0.3 is 15.8 Å². The van der Waals surface area contributed by atoms with Gasteiger partial charge in [0.2, 0.25) is 23.6 Å². The Kier molecular flexibility index (Phi) is 4.65. The third kappa shape index (κ3) is 2.75. The van der Waals surface area contributed by atoms with Crippen LogP contribution in [0.25, 0.3) is 0 Å². The number of anilines is 2. The number of nitrogens with zero attached hydrogens (tertiary/aromatic N) is 2. The Morgan fingerprint density at radius 2 is 1.94 bits per heavy atom. The molecule has 3 heterocycles. The van der Waals surface area contributed by atoms with Gasteiger partial charge >= 0.3 is 0 Å². The lowest BCUT2D eigenvalue weighted by Gasteiger charge is -2.29. The lowest BCUT2D eigenvalue weighted by molar-refractivity contribution is -0.384. The van der Waals surface area contributed by atoms with E-state index in [1.54, 1.807) is 24.3 Å². The zero-order valence-electron chi connectivity index (χ0n) is 17.8. The zero-order valence-corrected chi connectivity index (χ0v) is 17.8. The van der Waals surface area contributed by atoms with E-state index >= 15 is 0 Å². The van der Waals surface area contributed by atoms with Crippen LogP contribution in [-0.4, -0.2) is 41.7 Å². The lowest BCUT2D eigenvalue weighted by atomic mass is 9.76. The van der Waals surface area contributed by atoms with Crippen molar-refractivity contribution in [1.29, 1.82) is 0 Å². The van der Waals surface area contributed by atoms with Crippen molar-refractivity contribution in [2.24, 2.45) is 17.6 Å². The van der Waals surface area contributed by atoms with Gasteiger partial charge in [0.05, 0.1) is 23.9 Å². The second-order valence-corrected chi connectivity index (χ2v) is 8.36. The molecule has 4 amide bonds. The van der Waals surface area contributed by atoms with Gasteiger partial charge in [-0.1, -0.05) is 18.2 Å². The van der Waals surface area contributed by atoms with Gasteiger partial charge in [0.25, 0.3) is 5.69 Å². The Labute approximate surface area is 192 Å². The molecule has 2 saturated heterocycles. The molecule has 2 fully saturated rings. The van der Waals surface area contributed by atoms with Gasteiger partial charge in [0.15, 0.2) is 0 Å². The van der Waals surface area contributed by atoms with Crippen LogP contribution in [0.2, 0.25) is 0 Å². The fourth-order valence-corrected chi connectivity index (χ4v) is 5.35. The molecule has 1 spiro atoms. The first kappa shape index (κ1) is 21.5. The Morgan fingerprint density at radius 3 is 2.62 bits per heavy atom. The quantitative estimate of drug-likeness (QED) is 0.323. The molecule has 0 bridgehead atoms. The number of nitro benzene ring substituents is 1. The van der Waals surface area contributed by atoms with Crippen LogP contribution in [0.5, 0.6) is 5.75 Å². The maximum Gasteiger partial charge on any atom is 0.271 e. The molecular formula is C22H19N5O7. The number of nitrogens with one attached hydrogen (secondary N) is 2. The molecule has 0 radical (unpaired) electrons. The van der Waals surface area contributed by atoms with Crippen molar-refractivity contribution >= 4 is 40.7 Å². The molecule has 0 unspecified atom stereocenters. The molecule has 4 atom stereocenters. The van der Waals surface area contributed by atoms with Gasteiger partial charge in [0, 0.05) is 35.8 Å². The predicted molar refractivity (Wildman–Crippen MR) is 117 cm³/mol. The number of amides is 4. The molecular weight excluding hydrogens is 446 g/mol. The average Bonchev–Trinajstić information content (AvgIpc) is 3.37. The summed E-state index contributed by atoms with van der Waals surface area (Å²) >= 11 is 0. The van der Waals surface area contributed by atoms with Crippen LogP contribution in [0.3, 0.4) is 0 Å². The molecule has 174 valence electrons. The Hall–Kier alpha value is -4.32. The van der Waals surface area contributed by atoms with E-state index in [9.17, 15) is 29.3 Å². The third-order valence-corrected chi connectivity index (χ3v) is 6.66. The number of nitrogens with two attached hydrogens (primary N) is 1. The summed E-state index contributed by atoms with van der Waals surface area (Å²) in [5.74, 6) is -4.95. The maximum atomic E-state index is 13.8. The fraction of sp³-hybridized carbons (Fsp3) is 0.273. The number of non-ortho nitro benzene ring substituents is 1. The van der Waals surface area contributed by atoms with Gasteiger partial charge in [0.1, 0.15) is 17.0 Å². The molecule has 4 N–H and O–H groups in total. The predicted octanol–water partition coefficient (Wildman–Crippen LogP) is 0.404. The number of carbonyl (C=O) groups is 4. The first-order valence-corrected chi connectivity index (χ1v) is 10.4. The number of imide groups is 1. The monoisotopic (exact) mass is 465 g/mol. The van der Waals surface area contributed by atoms with Gasteiger partial charge in [-0.3, -0.25) is 34.6 Å². The van der Waals surface area contributed by atoms with Crippen LogP contribution in [-0.2, 0) is 24.7 Å². The lowest BCUT2D eigenvalue weighted by Crippen LogP contribution is -2.53. The van der Waals surface area contributed by atoms with Crippen LogP contribution in [0.15, 0.2) is 42.5 Å². The number of primary amides is 1. The van der Waals surface area contributed by atoms with Crippen molar-refractivity contribution in [2.75, 3.05) is 17.3 Å². The minimum absolute atomic E-state index is 0.0667. The minimum Gasteiger partial charge on any atom is -0.495 e. The van der Waals surface area contributed by atoms with E-state index in [4.69, 9.17) is 10.5 Å². The number of hydrogen-bond acceptors (Lipinski definition) is 8. The maximum absolute atomic E-state index is 13.8. The van der Waals surface area contributed by atoms with E-state index in [1.165, 1.54) is 19.2 Å². The first-order chi connectivity index (χ1) is 16.2. The molecule has 0 aliphatic carbocycles. The summed E-state index contributed by atoms with van der Waals surface area (Å²) in [5, 5.41) is 17.2. The highest BCUT2D eigenvalue weighted by Gasteiger charge is 2.70. The molecule has 34 heavy (non-hydrogen) atoms. The van der Waals surface area contributed by atoms with Gasteiger partial charge in [-0.15, -0.1) is 0 Å². The van der Waals surface area contributed by atoms with Crippen molar-refractivity contribution in [3.63, 3.8) is 0 Å². The largest absolute Gasteiger partial charge is 0.495 e. The first-order valence-electron chi connectivity index (χ1n) is 10.4. The van der Waals surface area contributed by atoms with Crippen molar-refractivity contribution in [3.05, 3.63) is 58.1 Å². The summed E-state index contributed by atoms with van der Waals surface area (Å²) in [6, 6.07) is 9.38. The number of rotatable bonds is 5.